The zero-order valence-electron chi connectivity index (χ0n) is 52.7. The molecule has 0 unspecified atom stereocenters. The summed E-state index contributed by atoms with van der Waals surface area (Å²) in [6.07, 6.45) is 0. The molecule has 0 radical (unpaired) electrons. The number of fused-ring (bicyclic) bond motifs is 10. The van der Waals surface area contributed by atoms with Crippen molar-refractivity contribution < 1.29 is 0 Å². The summed E-state index contributed by atoms with van der Waals surface area (Å²) >= 11 is 0. The van der Waals surface area contributed by atoms with Crippen molar-refractivity contribution in [3.05, 3.63) is 326 Å². The lowest BCUT2D eigenvalue weighted by molar-refractivity contribution is 0.660. The minimum absolute atomic E-state index is 0.265. The van der Waals surface area contributed by atoms with E-state index in [0.29, 0.717) is 11.6 Å². The van der Waals surface area contributed by atoms with Crippen LogP contribution in [0.25, 0.3) is 167 Å². The molecule has 4 heteroatoms. The number of nitrogens with zero attached hydrogens (tertiary/aromatic N) is 4. The second kappa shape index (κ2) is 21.4. The highest BCUT2D eigenvalue weighted by Gasteiger charge is 2.38. The zero-order chi connectivity index (χ0) is 62.8. The Morgan fingerprint density at radius 1 is 0.191 bits per heavy atom. The average molecular weight is 1200 g/mol. The first kappa shape index (κ1) is 55.1. The van der Waals surface area contributed by atoms with E-state index in [1.165, 1.54) is 121 Å². The number of hydrogen-bond donors (Lipinski definition) is 0. The van der Waals surface area contributed by atoms with E-state index in [1.807, 2.05) is 0 Å². The van der Waals surface area contributed by atoms with Crippen LogP contribution in [0, 0.1) is 0 Å². The summed E-state index contributed by atoms with van der Waals surface area (Å²) in [5.41, 5.74) is 26.9. The molecule has 0 aliphatic heterocycles. The van der Waals surface area contributed by atoms with Crippen LogP contribution in [0.5, 0.6) is 0 Å². The van der Waals surface area contributed by atoms with E-state index < -0.39 is 0 Å². The average Bonchev–Trinajstić information content (AvgIpc) is 1.58. The summed E-state index contributed by atoms with van der Waals surface area (Å²) in [5, 5.41) is 9.42. The lowest BCUT2D eigenvalue weighted by Crippen LogP contribution is -2.15. The number of aromatic nitrogens is 4. The molecule has 4 nitrogen and oxygen atoms in total. The highest BCUT2D eigenvalue weighted by atomic mass is 14.9. The quantitative estimate of drug-likeness (QED) is 0.145. The summed E-state index contributed by atoms with van der Waals surface area (Å²) in [6.45, 7) is 9.43. The highest BCUT2D eigenvalue weighted by Crippen LogP contribution is 2.53. The summed E-state index contributed by atoms with van der Waals surface area (Å²) in [4.78, 5) is 21.6. The van der Waals surface area contributed by atoms with Gasteiger partial charge < -0.3 is 0 Å². The molecule has 442 valence electrons. The van der Waals surface area contributed by atoms with E-state index in [2.05, 4.69) is 331 Å². The normalized spacial score (nSPS) is 13.3. The first-order valence-electron chi connectivity index (χ1n) is 32.6. The van der Waals surface area contributed by atoms with Crippen molar-refractivity contribution in [1.29, 1.82) is 0 Å². The first-order chi connectivity index (χ1) is 46.1. The summed E-state index contributed by atoms with van der Waals surface area (Å²) in [6, 6.07) is 110. The summed E-state index contributed by atoms with van der Waals surface area (Å²) in [5.74, 6) is 1.43. The van der Waals surface area contributed by atoms with Crippen LogP contribution in [-0.4, -0.2) is 19.9 Å². The fourth-order valence-electron chi connectivity index (χ4n) is 15.3. The smallest absolute Gasteiger partial charge is 0.160 e. The Bertz CT molecular complexity index is 5220. The van der Waals surface area contributed by atoms with Gasteiger partial charge in [-0.25, -0.2) is 19.9 Å². The maximum absolute atomic E-state index is 5.40. The Morgan fingerprint density at radius 2 is 0.415 bits per heavy atom. The van der Waals surface area contributed by atoms with E-state index in [-0.39, 0.29) is 10.8 Å². The molecule has 2 aliphatic rings. The molecular weight excluding hydrogens is 1140 g/mol. The highest BCUT2D eigenvalue weighted by molar-refractivity contribution is 6.02. The molecule has 2 heterocycles. The van der Waals surface area contributed by atoms with Crippen molar-refractivity contribution in [1.82, 2.24) is 19.9 Å². The Morgan fingerprint density at radius 3 is 0.702 bits per heavy atom. The first-order valence-corrected chi connectivity index (χ1v) is 32.6. The predicted molar refractivity (Wildman–Crippen MR) is 392 cm³/mol. The van der Waals surface area contributed by atoms with E-state index in [0.717, 1.165) is 56.2 Å². The molecule has 18 rings (SSSR count). The van der Waals surface area contributed by atoms with E-state index >= 15 is 0 Å². The van der Waals surface area contributed by atoms with Gasteiger partial charge in [0.15, 0.2) is 11.6 Å². The largest absolute Gasteiger partial charge is 0.228 e. The van der Waals surface area contributed by atoms with Crippen LogP contribution in [0.4, 0.5) is 0 Å². The van der Waals surface area contributed by atoms with Crippen molar-refractivity contribution in [3.63, 3.8) is 0 Å². The van der Waals surface area contributed by atoms with Gasteiger partial charge in [-0.3, -0.25) is 0 Å². The molecule has 0 saturated heterocycles. The van der Waals surface area contributed by atoms with Gasteiger partial charge in [-0.2, -0.15) is 0 Å². The molecule has 0 amide bonds. The van der Waals surface area contributed by atoms with E-state index in [4.69, 9.17) is 19.9 Å². The van der Waals surface area contributed by atoms with Gasteiger partial charge in [0.1, 0.15) is 0 Å². The second-order valence-corrected chi connectivity index (χ2v) is 26.5. The SMILES string of the molecule is CC1(C)c2cc(-c3ccc(-c4ccc(-c5ccc6c(c5)C(C)(C)c5cc(-c7nc(-c8cccc9ccccc89)cc(-c8cccc9ccccc89)n7)ccc5-6)cc4)cc3)ccc2-c2ccc(-c3nc(-c4cccc5ccccc45)cc(-c4cccc5ccccc45)n3)cc21. The van der Waals surface area contributed by atoms with Crippen molar-refractivity contribution in [2.75, 3.05) is 0 Å². The Labute approximate surface area is 547 Å². The maximum Gasteiger partial charge on any atom is 0.160 e. The topological polar surface area (TPSA) is 51.6 Å². The van der Waals surface area contributed by atoms with E-state index in [9.17, 15) is 0 Å². The fourth-order valence-corrected chi connectivity index (χ4v) is 15.3. The van der Waals surface area contributed by atoms with Crippen molar-refractivity contribution in [3.8, 4) is 123 Å². The van der Waals surface area contributed by atoms with Gasteiger partial charge in [-0.1, -0.05) is 295 Å². The monoisotopic (exact) mass is 1200 g/mol. The molecule has 0 atom stereocenters. The molecule has 0 bridgehead atoms. The lowest BCUT2D eigenvalue weighted by Gasteiger charge is -2.22. The van der Waals surface area contributed by atoms with Crippen LogP contribution in [0.15, 0.2) is 303 Å². The Balaban J connectivity index is 0.614. The molecule has 0 N–H and O–H groups in total. The predicted octanol–water partition coefficient (Wildman–Crippen LogP) is 23.5. The lowest BCUT2D eigenvalue weighted by atomic mass is 9.81. The van der Waals surface area contributed by atoms with Crippen LogP contribution in [0.3, 0.4) is 0 Å². The summed E-state index contributed by atoms with van der Waals surface area (Å²) < 4.78 is 0. The second-order valence-electron chi connectivity index (χ2n) is 26.5. The van der Waals surface area contributed by atoms with E-state index in [1.54, 1.807) is 0 Å². The third-order valence-corrected chi connectivity index (χ3v) is 20.4. The van der Waals surface area contributed by atoms with Gasteiger partial charge in [0.05, 0.1) is 22.8 Å². The minimum atomic E-state index is -0.265. The Hall–Kier alpha value is -11.7. The van der Waals surface area contributed by atoms with Crippen LogP contribution >= 0.6 is 0 Å². The molecular formula is C90H62N4. The zero-order valence-corrected chi connectivity index (χ0v) is 52.7. The van der Waals surface area contributed by atoms with Gasteiger partial charge in [-0.05, 0) is 157 Å². The molecule has 0 fully saturated rings. The van der Waals surface area contributed by atoms with Gasteiger partial charge in [0.2, 0.25) is 0 Å². The number of rotatable bonds is 9. The third kappa shape index (κ3) is 9.04. The van der Waals surface area contributed by atoms with Crippen LogP contribution in [0.2, 0.25) is 0 Å². The number of benzene rings is 14. The molecule has 0 saturated carbocycles. The molecule has 16 aromatic rings. The van der Waals surface area contributed by atoms with Crippen molar-refractivity contribution in [2.45, 2.75) is 38.5 Å². The molecule has 14 aromatic carbocycles. The van der Waals surface area contributed by atoms with Gasteiger partial charge in [0.25, 0.3) is 0 Å². The molecule has 94 heavy (non-hydrogen) atoms. The maximum atomic E-state index is 5.40. The minimum Gasteiger partial charge on any atom is -0.228 e. The number of hydrogen-bond acceptors (Lipinski definition) is 4. The molecule has 2 aromatic heterocycles. The molecule has 0 spiro atoms. The van der Waals surface area contributed by atoms with Gasteiger partial charge in [0, 0.05) is 44.2 Å². The van der Waals surface area contributed by atoms with Crippen LogP contribution in [-0.2, 0) is 10.8 Å². The van der Waals surface area contributed by atoms with Crippen LogP contribution < -0.4 is 0 Å². The van der Waals surface area contributed by atoms with Gasteiger partial charge in [-0.15, -0.1) is 0 Å². The third-order valence-electron chi connectivity index (χ3n) is 20.4. The Kier molecular flexibility index (Phi) is 12.6. The van der Waals surface area contributed by atoms with Gasteiger partial charge >= 0.3 is 0 Å². The van der Waals surface area contributed by atoms with Crippen molar-refractivity contribution in [2.24, 2.45) is 0 Å². The van der Waals surface area contributed by atoms with Crippen molar-refractivity contribution >= 4 is 43.1 Å². The standard InChI is InChI=1S/C90H62N4/c1-89(2)79-49-63(41-45-71(79)73-47-43-65(51-81(73)89)87-91-83(75-29-13-21-59-17-5-9-25-67(59)75)53-84(92-87)76-30-14-22-60-18-6-10-26-68(60)76)57-37-33-55(34-38-57)56-35-39-58(40-36-56)64-42-46-72-74-48-44-66(52-82(74)90(3,4)80(72)50-64)88-93-85(77-31-15-23-61-19-7-11-27-69(61)77)54-86(94-88)78-32-16-24-62-20-8-12-28-70(62)78/h5-54H,1-4H3. The summed E-state index contributed by atoms with van der Waals surface area (Å²) in [7, 11) is 0. The molecule has 2 aliphatic carbocycles. The van der Waals surface area contributed by atoms with Crippen LogP contribution in [0.1, 0.15) is 49.9 Å². The fraction of sp³-hybridized carbons (Fsp3) is 0.0667.